The number of nitrogens with two attached hydrogens (primary N) is 1. The van der Waals surface area contributed by atoms with Crippen LogP contribution >= 0.6 is 11.6 Å². The molecule has 1 aliphatic heterocycles. The fourth-order valence-corrected chi connectivity index (χ4v) is 3.63. The molecule has 0 fully saturated rings. The van der Waals surface area contributed by atoms with Gasteiger partial charge in [-0.2, -0.15) is 0 Å². The summed E-state index contributed by atoms with van der Waals surface area (Å²) < 4.78 is 0. The molecule has 0 bridgehead atoms. The van der Waals surface area contributed by atoms with Gasteiger partial charge in [-0.15, -0.1) is 0 Å². The van der Waals surface area contributed by atoms with E-state index in [0.29, 0.717) is 29.4 Å². The topological polar surface area (TPSA) is 78.9 Å². The monoisotopic (exact) mass is 371 g/mol. The maximum absolute atomic E-state index is 11.5. The van der Waals surface area contributed by atoms with Gasteiger partial charge in [0, 0.05) is 24.1 Å². The van der Waals surface area contributed by atoms with Gasteiger partial charge >= 0.3 is 0 Å². The van der Waals surface area contributed by atoms with E-state index in [-0.39, 0.29) is 11.8 Å². The predicted octanol–water partition coefficient (Wildman–Crippen LogP) is 3.54. The number of carbonyl (C=O) groups is 1. The Labute approximate surface area is 158 Å². The highest BCUT2D eigenvalue weighted by atomic mass is 35.5. The number of hydrogen-bond acceptors (Lipinski definition) is 5. The van der Waals surface area contributed by atoms with Crippen LogP contribution in [-0.2, 0) is 10.3 Å². The van der Waals surface area contributed by atoms with Crippen molar-refractivity contribution in [3.63, 3.8) is 0 Å². The molecule has 1 aliphatic rings. The zero-order chi connectivity index (χ0) is 18.9. The molecule has 0 spiro atoms. The van der Waals surface area contributed by atoms with Crippen molar-refractivity contribution >= 4 is 23.8 Å². The summed E-state index contributed by atoms with van der Waals surface area (Å²) in [5.74, 6) is 0.514. The van der Waals surface area contributed by atoms with Crippen LogP contribution in [-0.4, -0.2) is 35.3 Å². The van der Waals surface area contributed by atoms with Crippen LogP contribution in [0.15, 0.2) is 47.5 Å². The first-order valence-electron chi connectivity index (χ1n) is 8.53. The molecule has 0 saturated heterocycles. The molecule has 5 nitrogen and oxygen atoms in total. The number of carbonyl (C=O) groups excluding carboxylic acids is 1. The molecular weight excluding hydrogens is 350 g/mol. The number of aldehydes is 1. The molecule has 6 heteroatoms. The molecule has 1 heterocycles. The summed E-state index contributed by atoms with van der Waals surface area (Å²) in [7, 11) is 1.78. The van der Waals surface area contributed by atoms with Crippen molar-refractivity contribution in [2.75, 3.05) is 7.05 Å². The first-order chi connectivity index (χ1) is 12.4. The Kier molecular flexibility index (Phi) is 4.92. The average molecular weight is 372 g/mol. The zero-order valence-electron chi connectivity index (χ0n) is 14.8. The van der Waals surface area contributed by atoms with Gasteiger partial charge in [-0.3, -0.25) is 0 Å². The minimum atomic E-state index is -0.577. The van der Waals surface area contributed by atoms with Gasteiger partial charge in [0.1, 0.15) is 12.0 Å². The molecule has 3 rings (SSSR count). The Morgan fingerprint density at radius 2 is 2.15 bits per heavy atom. The van der Waals surface area contributed by atoms with Crippen molar-refractivity contribution < 1.29 is 9.90 Å². The minimum Gasteiger partial charge on any atom is -0.507 e. The van der Waals surface area contributed by atoms with Gasteiger partial charge in [-0.05, 0) is 41.8 Å². The second-order valence-electron chi connectivity index (χ2n) is 6.62. The van der Waals surface area contributed by atoms with Crippen molar-refractivity contribution in [1.29, 1.82) is 0 Å². The average Bonchev–Trinajstić information content (AvgIpc) is 2.66. The van der Waals surface area contributed by atoms with E-state index in [1.54, 1.807) is 30.1 Å². The van der Waals surface area contributed by atoms with Crippen molar-refractivity contribution in [1.82, 2.24) is 4.90 Å². The van der Waals surface area contributed by atoms with Crippen LogP contribution in [0, 0.1) is 0 Å². The van der Waals surface area contributed by atoms with Gasteiger partial charge in [0.05, 0.1) is 11.6 Å². The van der Waals surface area contributed by atoms with E-state index in [0.717, 1.165) is 17.4 Å². The number of phenolic OH excluding ortho intramolecular Hbond substituents is 1. The van der Waals surface area contributed by atoms with Crippen LogP contribution in [0.2, 0.25) is 5.02 Å². The maximum Gasteiger partial charge on any atom is 0.192 e. The number of halogens is 1. The van der Waals surface area contributed by atoms with Gasteiger partial charge in [0.15, 0.2) is 5.96 Å². The molecule has 2 aromatic rings. The number of hydrogen-bond donors (Lipinski definition) is 2. The number of guanidine groups is 1. The second kappa shape index (κ2) is 7.00. The number of benzene rings is 2. The van der Waals surface area contributed by atoms with Crippen LogP contribution in [0.1, 0.15) is 25.3 Å². The van der Waals surface area contributed by atoms with E-state index >= 15 is 0 Å². The Bertz CT molecular complexity index is 868. The number of aromatic hydroxyl groups is 1. The normalized spacial score (nSPS) is 22.8. The lowest BCUT2D eigenvalue weighted by molar-refractivity contribution is -0.111. The Morgan fingerprint density at radius 3 is 2.85 bits per heavy atom. The third kappa shape index (κ3) is 3.15. The molecule has 0 aliphatic carbocycles. The van der Waals surface area contributed by atoms with Crippen molar-refractivity contribution in [2.45, 2.75) is 31.3 Å². The summed E-state index contributed by atoms with van der Waals surface area (Å²) in [6, 6.07) is 12.4. The van der Waals surface area contributed by atoms with Crippen LogP contribution < -0.4 is 5.73 Å². The number of phenols is 1. The van der Waals surface area contributed by atoms with Gasteiger partial charge in [0.25, 0.3) is 0 Å². The van der Waals surface area contributed by atoms with Gasteiger partial charge in [-0.25, -0.2) is 4.99 Å². The fourth-order valence-electron chi connectivity index (χ4n) is 3.46. The molecule has 1 unspecified atom stereocenters. The van der Waals surface area contributed by atoms with Crippen molar-refractivity contribution in [2.24, 2.45) is 10.7 Å². The minimum absolute atomic E-state index is 0.161. The fraction of sp³-hybridized carbons (Fsp3) is 0.300. The molecule has 136 valence electrons. The first-order valence-corrected chi connectivity index (χ1v) is 8.91. The second-order valence-corrected chi connectivity index (χ2v) is 7.05. The van der Waals surface area contributed by atoms with E-state index in [9.17, 15) is 9.90 Å². The molecule has 3 N–H and O–H groups in total. The van der Waals surface area contributed by atoms with E-state index in [1.165, 1.54) is 0 Å². The highest BCUT2D eigenvalue weighted by Gasteiger charge is 2.39. The summed E-state index contributed by atoms with van der Waals surface area (Å²) in [4.78, 5) is 18.0. The molecule has 0 radical (unpaired) electrons. The molecular formula is C20H22ClN3O2. The maximum atomic E-state index is 11.5. The van der Waals surface area contributed by atoms with Crippen LogP contribution in [0.5, 0.6) is 5.75 Å². The van der Waals surface area contributed by atoms with E-state index in [4.69, 9.17) is 22.3 Å². The summed E-state index contributed by atoms with van der Waals surface area (Å²) in [6.07, 6.45) is 2.17. The number of likely N-dealkylation sites (N-methyl/N-ethyl adjacent to an activating group) is 1. The lowest BCUT2D eigenvalue weighted by atomic mass is 9.80. The Morgan fingerprint density at radius 1 is 1.38 bits per heavy atom. The van der Waals surface area contributed by atoms with Gasteiger partial charge < -0.3 is 20.5 Å². The van der Waals surface area contributed by atoms with Crippen molar-refractivity contribution in [3.05, 3.63) is 53.1 Å². The summed E-state index contributed by atoms with van der Waals surface area (Å²) in [6.45, 7) is 2.04. The molecule has 0 aromatic heterocycles. The smallest absolute Gasteiger partial charge is 0.192 e. The zero-order valence-corrected chi connectivity index (χ0v) is 15.6. The van der Waals surface area contributed by atoms with Gasteiger partial charge in [-0.1, -0.05) is 36.7 Å². The molecule has 0 saturated carbocycles. The number of nitrogens with zero attached hydrogens (tertiary/aromatic N) is 2. The Balaban J connectivity index is 2.11. The first kappa shape index (κ1) is 18.3. The molecule has 2 atom stereocenters. The van der Waals surface area contributed by atoms with E-state index in [1.807, 2.05) is 31.2 Å². The molecule has 0 amide bonds. The number of rotatable bonds is 4. The highest BCUT2D eigenvalue weighted by molar-refractivity contribution is 6.31. The highest BCUT2D eigenvalue weighted by Crippen LogP contribution is 2.40. The number of aliphatic imine (C=N–C) groups is 1. The lowest BCUT2D eigenvalue weighted by Crippen LogP contribution is -2.51. The third-order valence-corrected chi connectivity index (χ3v) is 5.38. The summed E-state index contributed by atoms with van der Waals surface area (Å²) in [5, 5.41) is 10.8. The predicted molar refractivity (Wildman–Crippen MR) is 104 cm³/mol. The van der Waals surface area contributed by atoms with Crippen molar-refractivity contribution in [3.8, 4) is 16.9 Å². The molecule has 26 heavy (non-hydrogen) atoms. The van der Waals surface area contributed by atoms with Gasteiger partial charge in [0.2, 0.25) is 0 Å². The van der Waals surface area contributed by atoms with E-state index in [2.05, 4.69) is 0 Å². The van der Waals surface area contributed by atoms with Crippen LogP contribution in [0.25, 0.3) is 11.1 Å². The summed E-state index contributed by atoms with van der Waals surface area (Å²) in [5.41, 5.74) is 7.96. The largest absolute Gasteiger partial charge is 0.507 e. The van der Waals surface area contributed by atoms with Crippen LogP contribution in [0.3, 0.4) is 0 Å². The standard InChI is InChI=1S/C20H22ClN3O2/c1-3-20(11-16(12-25)24(2)19(22)23-20)14-6-4-5-13(9-14)17-10-15(21)7-8-18(17)26/h4-10,12,16,26H,3,11H2,1-2H3,(H2,22,23)/t16?,20-/m0/s1. The van der Waals surface area contributed by atoms with Crippen LogP contribution in [0.4, 0.5) is 0 Å². The van der Waals surface area contributed by atoms with E-state index < -0.39 is 5.54 Å². The summed E-state index contributed by atoms with van der Waals surface area (Å²) >= 11 is 6.09. The Hall–Kier alpha value is -2.53. The quantitative estimate of drug-likeness (QED) is 0.806. The lowest BCUT2D eigenvalue weighted by Gasteiger charge is -2.40. The molecule has 2 aromatic carbocycles. The third-order valence-electron chi connectivity index (χ3n) is 5.15. The SMILES string of the molecule is CC[C@@]1(c2cccc(-c3cc(Cl)ccc3O)c2)CC(C=O)N(C)C(N)=N1.